The fourth-order valence-corrected chi connectivity index (χ4v) is 1.72. The van der Waals surface area contributed by atoms with Crippen LogP contribution in [-0.2, 0) is 9.47 Å². The summed E-state index contributed by atoms with van der Waals surface area (Å²) in [5, 5.41) is 9.07. The summed E-state index contributed by atoms with van der Waals surface area (Å²) in [6, 6.07) is 0. The molecule has 110 valence electrons. The van der Waals surface area contributed by atoms with Crippen LogP contribution < -0.4 is 5.73 Å². The van der Waals surface area contributed by atoms with E-state index in [1.54, 1.807) is 14.2 Å². The second kappa shape index (κ2) is 10.7. The molecule has 0 aromatic rings. The molecule has 0 amide bonds. The Labute approximate surface area is 111 Å². The second-order valence-electron chi connectivity index (χ2n) is 5.10. The minimum Gasteiger partial charge on any atom is -0.394 e. The maximum Gasteiger partial charge on any atom is 0.0608 e. The number of hydrogen-bond donors (Lipinski definition) is 2. The molecule has 0 aromatic heterocycles. The molecular weight excluding hydrogens is 232 g/mol. The summed E-state index contributed by atoms with van der Waals surface area (Å²) in [5.74, 6) is 0. The molecule has 0 bridgehead atoms. The first kappa shape index (κ1) is 17.8. The highest BCUT2D eigenvalue weighted by Gasteiger charge is 2.16. The number of methoxy groups -OCH3 is 2. The summed E-state index contributed by atoms with van der Waals surface area (Å²) in [5.41, 5.74) is 5.45. The van der Waals surface area contributed by atoms with Gasteiger partial charge in [0, 0.05) is 32.8 Å². The van der Waals surface area contributed by atoms with E-state index in [9.17, 15) is 0 Å². The maximum atomic E-state index is 9.07. The van der Waals surface area contributed by atoms with Crippen LogP contribution in [0.2, 0.25) is 0 Å². The van der Waals surface area contributed by atoms with Gasteiger partial charge >= 0.3 is 0 Å². The molecule has 0 saturated heterocycles. The minimum absolute atomic E-state index is 0.0457. The average Bonchev–Trinajstić information content (AvgIpc) is 2.36. The number of unbranched alkanes of at least 4 members (excludes halogenated alkanes) is 1. The van der Waals surface area contributed by atoms with Gasteiger partial charge in [0.25, 0.3) is 0 Å². The van der Waals surface area contributed by atoms with Crippen molar-refractivity contribution in [3.8, 4) is 0 Å². The molecule has 0 spiro atoms. The third kappa shape index (κ3) is 9.79. The number of ether oxygens (including phenoxy) is 2. The molecule has 0 aromatic carbocycles. The molecule has 3 N–H and O–H groups in total. The predicted octanol–water partition coefficient (Wildman–Crippen LogP) is 0.461. The first-order chi connectivity index (χ1) is 8.55. The standard InChI is InChI=1S/C13H30N2O3/c1-13(14,12-16)6-4-5-7-15(8-10-17-2)9-11-18-3/h16H,4-12,14H2,1-3H3. The summed E-state index contributed by atoms with van der Waals surface area (Å²) >= 11 is 0. The Morgan fingerprint density at radius 2 is 1.61 bits per heavy atom. The van der Waals surface area contributed by atoms with E-state index in [2.05, 4.69) is 4.90 Å². The summed E-state index contributed by atoms with van der Waals surface area (Å²) in [7, 11) is 3.44. The van der Waals surface area contributed by atoms with E-state index in [1.165, 1.54) is 0 Å². The molecule has 5 heteroatoms. The van der Waals surface area contributed by atoms with E-state index >= 15 is 0 Å². The van der Waals surface area contributed by atoms with Gasteiger partial charge in [-0.15, -0.1) is 0 Å². The zero-order valence-electron chi connectivity index (χ0n) is 12.2. The van der Waals surface area contributed by atoms with Gasteiger partial charge in [0.15, 0.2) is 0 Å². The van der Waals surface area contributed by atoms with Gasteiger partial charge in [0.1, 0.15) is 0 Å². The number of nitrogens with two attached hydrogens (primary N) is 1. The van der Waals surface area contributed by atoms with E-state index < -0.39 is 5.54 Å². The van der Waals surface area contributed by atoms with E-state index in [1.807, 2.05) is 6.92 Å². The van der Waals surface area contributed by atoms with Crippen LogP contribution in [0.1, 0.15) is 26.2 Å². The fraction of sp³-hybridized carbons (Fsp3) is 1.00. The van der Waals surface area contributed by atoms with Gasteiger partial charge in [-0.05, 0) is 26.3 Å². The van der Waals surface area contributed by atoms with Crippen molar-refractivity contribution in [1.29, 1.82) is 0 Å². The number of nitrogens with zero attached hydrogens (tertiary/aromatic N) is 1. The highest BCUT2D eigenvalue weighted by molar-refractivity contribution is 4.76. The van der Waals surface area contributed by atoms with Crippen molar-refractivity contribution in [2.75, 3.05) is 53.7 Å². The van der Waals surface area contributed by atoms with Gasteiger partial charge in [-0.25, -0.2) is 0 Å². The maximum absolute atomic E-state index is 9.07. The largest absolute Gasteiger partial charge is 0.394 e. The third-order valence-corrected chi connectivity index (χ3v) is 3.06. The molecule has 0 rings (SSSR count). The minimum atomic E-state index is -0.441. The summed E-state index contributed by atoms with van der Waals surface area (Å²) in [4.78, 5) is 2.33. The molecule has 0 aliphatic rings. The van der Waals surface area contributed by atoms with Crippen molar-refractivity contribution in [3.63, 3.8) is 0 Å². The van der Waals surface area contributed by atoms with Crippen molar-refractivity contribution in [1.82, 2.24) is 4.90 Å². The van der Waals surface area contributed by atoms with Crippen LogP contribution in [0.25, 0.3) is 0 Å². The molecule has 0 radical (unpaired) electrons. The highest BCUT2D eigenvalue weighted by Crippen LogP contribution is 2.10. The lowest BCUT2D eigenvalue weighted by Crippen LogP contribution is -2.40. The lowest BCUT2D eigenvalue weighted by Gasteiger charge is -2.24. The zero-order valence-corrected chi connectivity index (χ0v) is 12.2. The molecule has 0 heterocycles. The Kier molecular flexibility index (Phi) is 10.6. The smallest absolute Gasteiger partial charge is 0.0608 e. The Morgan fingerprint density at radius 3 is 2.06 bits per heavy atom. The highest BCUT2D eigenvalue weighted by atomic mass is 16.5. The van der Waals surface area contributed by atoms with Crippen molar-refractivity contribution in [3.05, 3.63) is 0 Å². The van der Waals surface area contributed by atoms with Gasteiger partial charge in [-0.3, -0.25) is 4.90 Å². The van der Waals surface area contributed by atoms with Crippen molar-refractivity contribution < 1.29 is 14.6 Å². The Hall–Kier alpha value is -0.200. The molecule has 0 saturated carbocycles. The summed E-state index contributed by atoms with van der Waals surface area (Å²) in [6.45, 7) is 6.31. The number of aliphatic hydroxyl groups excluding tert-OH is 1. The molecule has 0 aliphatic heterocycles. The Morgan fingerprint density at radius 1 is 1.06 bits per heavy atom. The van der Waals surface area contributed by atoms with Crippen LogP contribution in [0.15, 0.2) is 0 Å². The SMILES string of the molecule is COCCN(CCCCC(C)(N)CO)CCOC. The first-order valence-corrected chi connectivity index (χ1v) is 6.65. The second-order valence-corrected chi connectivity index (χ2v) is 5.10. The molecule has 0 aliphatic carbocycles. The number of rotatable bonds is 12. The molecule has 1 unspecified atom stereocenters. The lowest BCUT2D eigenvalue weighted by molar-refractivity contribution is 0.112. The summed E-state index contributed by atoms with van der Waals surface area (Å²) < 4.78 is 10.2. The third-order valence-electron chi connectivity index (χ3n) is 3.06. The topological polar surface area (TPSA) is 68.0 Å². The normalized spacial score (nSPS) is 15.0. The monoisotopic (exact) mass is 262 g/mol. The van der Waals surface area contributed by atoms with E-state index in [-0.39, 0.29) is 6.61 Å². The van der Waals surface area contributed by atoms with Crippen LogP contribution >= 0.6 is 0 Å². The quantitative estimate of drug-likeness (QED) is 0.500. The number of aliphatic hydroxyl groups is 1. The Balaban J connectivity index is 3.73. The van der Waals surface area contributed by atoms with Crippen molar-refractivity contribution >= 4 is 0 Å². The lowest BCUT2D eigenvalue weighted by atomic mass is 9.97. The van der Waals surface area contributed by atoms with Crippen LogP contribution in [0.5, 0.6) is 0 Å². The Bertz CT molecular complexity index is 181. The summed E-state index contributed by atoms with van der Waals surface area (Å²) in [6.07, 6.45) is 2.97. The van der Waals surface area contributed by atoms with Gasteiger partial charge in [0.05, 0.1) is 19.8 Å². The van der Waals surface area contributed by atoms with Crippen LogP contribution in [0, 0.1) is 0 Å². The molecular formula is C13H30N2O3. The van der Waals surface area contributed by atoms with Crippen molar-refractivity contribution in [2.24, 2.45) is 5.73 Å². The van der Waals surface area contributed by atoms with E-state index in [4.69, 9.17) is 20.3 Å². The molecule has 0 fully saturated rings. The van der Waals surface area contributed by atoms with Crippen molar-refractivity contribution in [2.45, 2.75) is 31.7 Å². The van der Waals surface area contributed by atoms with Gasteiger partial charge in [-0.1, -0.05) is 6.42 Å². The molecule has 18 heavy (non-hydrogen) atoms. The van der Waals surface area contributed by atoms with Gasteiger partial charge in [0.2, 0.25) is 0 Å². The van der Waals surface area contributed by atoms with Crippen LogP contribution in [-0.4, -0.2) is 69.2 Å². The fourth-order valence-electron chi connectivity index (χ4n) is 1.72. The van der Waals surface area contributed by atoms with Crippen LogP contribution in [0.4, 0.5) is 0 Å². The van der Waals surface area contributed by atoms with Gasteiger partial charge in [-0.2, -0.15) is 0 Å². The average molecular weight is 262 g/mol. The molecule has 5 nitrogen and oxygen atoms in total. The predicted molar refractivity (Wildman–Crippen MR) is 73.7 cm³/mol. The zero-order chi connectivity index (χ0) is 13.9. The first-order valence-electron chi connectivity index (χ1n) is 6.65. The van der Waals surface area contributed by atoms with E-state index in [0.717, 1.165) is 52.1 Å². The van der Waals surface area contributed by atoms with E-state index in [0.29, 0.717) is 0 Å². The van der Waals surface area contributed by atoms with Gasteiger partial charge < -0.3 is 20.3 Å². The number of hydrogen-bond acceptors (Lipinski definition) is 5. The molecule has 1 atom stereocenters. The van der Waals surface area contributed by atoms with Crippen LogP contribution in [0.3, 0.4) is 0 Å².